The van der Waals surface area contributed by atoms with Crippen LogP contribution in [0.25, 0.3) is 0 Å². The van der Waals surface area contributed by atoms with Gasteiger partial charge in [0, 0.05) is 25.3 Å². The quantitative estimate of drug-likeness (QED) is 0.714. The lowest BCUT2D eigenvalue weighted by molar-refractivity contribution is 0.360. The number of benzene rings is 1. The monoisotopic (exact) mass is 218 g/mol. The Labute approximate surface area is 98.9 Å². The number of aryl methyl sites for hydroxylation is 2. The van der Waals surface area contributed by atoms with Gasteiger partial charge in [-0.1, -0.05) is 17.7 Å². The molecule has 2 heteroatoms. The van der Waals surface area contributed by atoms with Gasteiger partial charge in [-0.15, -0.1) is 0 Å². The van der Waals surface area contributed by atoms with Crippen LogP contribution in [0.15, 0.2) is 18.2 Å². The Kier molecular flexibility index (Phi) is 3.49. The van der Waals surface area contributed by atoms with E-state index in [1.807, 2.05) is 0 Å². The van der Waals surface area contributed by atoms with E-state index >= 15 is 0 Å². The molecule has 1 heterocycles. The molecule has 1 saturated heterocycles. The van der Waals surface area contributed by atoms with Gasteiger partial charge in [0.05, 0.1) is 0 Å². The molecule has 2 nitrogen and oxygen atoms in total. The lowest BCUT2D eigenvalue weighted by Gasteiger charge is -2.25. The molecule has 0 N–H and O–H groups in total. The Balaban J connectivity index is 2.16. The Morgan fingerprint density at radius 3 is 2.56 bits per heavy atom. The normalized spacial score (nSPS) is 18.6. The van der Waals surface area contributed by atoms with Crippen LogP contribution in [0.3, 0.4) is 0 Å². The van der Waals surface area contributed by atoms with Crippen molar-refractivity contribution in [2.75, 3.05) is 38.1 Å². The maximum absolute atomic E-state index is 2.53. The highest BCUT2D eigenvalue weighted by Gasteiger charge is 2.13. The fourth-order valence-electron chi connectivity index (χ4n) is 2.45. The topological polar surface area (TPSA) is 6.48 Å². The van der Waals surface area contributed by atoms with Gasteiger partial charge in [-0.3, -0.25) is 0 Å². The average molecular weight is 218 g/mol. The molecular formula is C14H22N2. The summed E-state index contributed by atoms with van der Waals surface area (Å²) in [7, 11) is 2.21. The molecule has 0 aromatic heterocycles. The minimum absolute atomic E-state index is 1.15. The maximum atomic E-state index is 2.53. The molecular weight excluding hydrogens is 196 g/mol. The second kappa shape index (κ2) is 4.88. The highest BCUT2D eigenvalue weighted by molar-refractivity contribution is 5.54. The summed E-state index contributed by atoms with van der Waals surface area (Å²) in [6.45, 7) is 9.12. The second-order valence-electron chi connectivity index (χ2n) is 4.93. The minimum Gasteiger partial charge on any atom is -0.370 e. The van der Waals surface area contributed by atoms with E-state index in [-0.39, 0.29) is 0 Å². The van der Waals surface area contributed by atoms with Crippen LogP contribution in [0.2, 0.25) is 0 Å². The molecule has 0 aliphatic carbocycles. The molecule has 16 heavy (non-hydrogen) atoms. The summed E-state index contributed by atoms with van der Waals surface area (Å²) in [6, 6.07) is 6.77. The van der Waals surface area contributed by atoms with Gasteiger partial charge in [0.1, 0.15) is 0 Å². The predicted octanol–water partition coefficient (Wildman–Crippen LogP) is 2.45. The zero-order chi connectivity index (χ0) is 11.5. The molecule has 2 rings (SSSR count). The van der Waals surface area contributed by atoms with Crippen molar-refractivity contribution in [2.24, 2.45) is 0 Å². The Morgan fingerprint density at radius 1 is 1.00 bits per heavy atom. The van der Waals surface area contributed by atoms with Crippen LogP contribution < -0.4 is 4.90 Å². The van der Waals surface area contributed by atoms with E-state index in [1.165, 1.54) is 42.9 Å². The third-order valence-corrected chi connectivity index (χ3v) is 3.41. The van der Waals surface area contributed by atoms with E-state index in [2.05, 4.69) is 48.9 Å². The van der Waals surface area contributed by atoms with Gasteiger partial charge in [-0.05, 0) is 45.5 Å². The number of nitrogens with zero attached hydrogens (tertiary/aromatic N) is 2. The van der Waals surface area contributed by atoms with E-state index in [9.17, 15) is 0 Å². The number of likely N-dealkylation sites (N-methyl/N-ethyl adjacent to an activating group) is 1. The summed E-state index contributed by atoms with van der Waals surface area (Å²) < 4.78 is 0. The lowest BCUT2D eigenvalue weighted by atomic mass is 10.1. The van der Waals surface area contributed by atoms with Crippen LogP contribution in [-0.2, 0) is 0 Å². The zero-order valence-electron chi connectivity index (χ0n) is 10.7. The van der Waals surface area contributed by atoms with Crippen molar-refractivity contribution in [3.05, 3.63) is 29.3 Å². The van der Waals surface area contributed by atoms with Gasteiger partial charge in [-0.2, -0.15) is 0 Å². The van der Waals surface area contributed by atoms with Crippen molar-refractivity contribution in [2.45, 2.75) is 20.3 Å². The van der Waals surface area contributed by atoms with Crippen molar-refractivity contribution >= 4 is 5.69 Å². The summed E-state index contributed by atoms with van der Waals surface area (Å²) in [5.74, 6) is 0. The zero-order valence-corrected chi connectivity index (χ0v) is 10.7. The molecule has 0 spiro atoms. The van der Waals surface area contributed by atoms with Crippen LogP contribution >= 0.6 is 0 Å². The summed E-state index contributed by atoms with van der Waals surface area (Å²) in [5.41, 5.74) is 4.18. The summed E-state index contributed by atoms with van der Waals surface area (Å²) in [6.07, 6.45) is 1.27. The molecule has 1 aliphatic rings. The largest absolute Gasteiger partial charge is 0.370 e. The minimum atomic E-state index is 1.15. The van der Waals surface area contributed by atoms with Gasteiger partial charge in [0.2, 0.25) is 0 Å². The number of hydrogen-bond acceptors (Lipinski definition) is 2. The Bertz CT molecular complexity index is 360. The van der Waals surface area contributed by atoms with E-state index in [0.717, 1.165) is 6.54 Å². The van der Waals surface area contributed by atoms with Crippen molar-refractivity contribution < 1.29 is 0 Å². The number of rotatable bonds is 1. The highest BCUT2D eigenvalue weighted by atomic mass is 15.2. The molecule has 0 radical (unpaired) electrons. The van der Waals surface area contributed by atoms with Crippen LogP contribution in [0.1, 0.15) is 17.5 Å². The summed E-state index contributed by atoms with van der Waals surface area (Å²) in [5, 5.41) is 0. The van der Waals surface area contributed by atoms with Crippen molar-refractivity contribution in [1.82, 2.24) is 4.90 Å². The van der Waals surface area contributed by atoms with E-state index in [4.69, 9.17) is 0 Å². The van der Waals surface area contributed by atoms with Crippen LogP contribution in [0.5, 0.6) is 0 Å². The van der Waals surface area contributed by atoms with Crippen LogP contribution in [-0.4, -0.2) is 38.1 Å². The molecule has 1 fully saturated rings. The fourth-order valence-corrected chi connectivity index (χ4v) is 2.45. The van der Waals surface area contributed by atoms with E-state index in [0.29, 0.717) is 0 Å². The predicted molar refractivity (Wildman–Crippen MR) is 70.2 cm³/mol. The molecule has 1 aromatic carbocycles. The van der Waals surface area contributed by atoms with Crippen molar-refractivity contribution in [3.63, 3.8) is 0 Å². The third-order valence-electron chi connectivity index (χ3n) is 3.41. The van der Waals surface area contributed by atoms with Gasteiger partial charge in [-0.25, -0.2) is 0 Å². The van der Waals surface area contributed by atoms with Gasteiger partial charge >= 0.3 is 0 Å². The SMILES string of the molecule is Cc1ccc(N2CCCN(C)CC2)c(C)c1. The van der Waals surface area contributed by atoms with E-state index in [1.54, 1.807) is 0 Å². The fraction of sp³-hybridized carbons (Fsp3) is 0.571. The first-order valence-electron chi connectivity index (χ1n) is 6.17. The molecule has 0 unspecified atom stereocenters. The molecule has 1 aromatic rings. The standard InChI is InChI=1S/C14H22N2/c1-12-5-6-14(13(2)11-12)16-8-4-7-15(3)9-10-16/h5-6,11H,4,7-10H2,1-3H3. The molecule has 0 atom stereocenters. The van der Waals surface area contributed by atoms with Gasteiger partial charge < -0.3 is 9.80 Å². The third kappa shape index (κ3) is 2.56. The Hall–Kier alpha value is -1.02. The smallest absolute Gasteiger partial charge is 0.0396 e. The molecule has 0 bridgehead atoms. The summed E-state index contributed by atoms with van der Waals surface area (Å²) >= 11 is 0. The lowest BCUT2D eigenvalue weighted by Crippen LogP contribution is -2.29. The molecule has 0 saturated carbocycles. The first-order chi connectivity index (χ1) is 7.66. The van der Waals surface area contributed by atoms with Crippen LogP contribution in [0, 0.1) is 13.8 Å². The Morgan fingerprint density at radius 2 is 1.81 bits per heavy atom. The van der Waals surface area contributed by atoms with Crippen molar-refractivity contribution in [3.8, 4) is 0 Å². The first kappa shape index (κ1) is 11.5. The maximum Gasteiger partial charge on any atom is 0.0396 e. The molecule has 1 aliphatic heterocycles. The van der Waals surface area contributed by atoms with E-state index < -0.39 is 0 Å². The van der Waals surface area contributed by atoms with Crippen molar-refractivity contribution in [1.29, 1.82) is 0 Å². The summed E-state index contributed by atoms with van der Waals surface area (Å²) in [4.78, 5) is 4.95. The molecule has 0 amide bonds. The number of hydrogen-bond donors (Lipinski definition) is 0. The van der Waals surface area contributed by atoms with Gasteiger partial charge in [0.15, 0.2) is 0 Å². The first-order valence-corrected chi connectivity index (χ1v) is 6.17. The van der Waals surface area contributed by atoms with Crippen LogP contribution in [0.4, 0.5) is 5.69 Å². The molecule has 88 valence electrons. The average Bonchev–Trinajstić information content (AvgIpc) is 2.43. The number of anilines is 1. The second-order valence-corrected chi connectivity index (χ2v) is 4.93. The highest BCUT2D eigenvalue weighted by Crippen LogP contribution is 2.22. The van der Waals surface area contributed by atoms with Gasteiger partial charge in [0.25, 0.3) is 0 Å².